The molecule has 0 bridgehead atoms. The Morgan fingerprint density at radius 3 is 2.65 bits per heavy atom. The number of nitrogens with one attached hydrogen (secondary N) is 1. The van der Waals surface area contributed by atoms with Crippen LogP contribution in [0, 0.1) is 17.8 Å². The maximum atomic E-state index is 13.3. The molecule has 162 valence electrons. The number of rotatable bonds is 6. The van der Waals surface area contributed by atoms with E-state index < -0.39 is 28.7 Å². The van der Waals surface area contributed by atoms with Crippen LogP contribution in [0.3, 0.4) is 0 Å². The molecule has 5 rings (SSSR count). The summed E-state index contributed by atoms with van der Waals surface area (Å²) < 4.78 is -0.674. The Kier molecular flexibility index (Phi) is 6.18. The first-order chi connectivity index (χ1) is 14.2. The maximum Gasteiger partial charge on any atom is 1.00 e. The predicted molar refractivity (Wildman–Crippen MR) is 111 cm³/mol. The van der Waals surface area contributed by atoms with Crippen molar-refractivity contribution in [2.24, 2.45) is 17.8 Å². The van der Waals surface area contributed by atoms with Crippen LogP contribution < -0.4 is 45.7 Å². The summed E-state index contributed by atoms with van der Waals surface area (Å²) in [5.41, 5.74) is 6.47. The number of carboxylic acid groups (broad SMARTS) is 1. The summed E-state index contributed by atoms with van der Waals surface area (Å²) in [6.07, 6.45) is 4.46. The fourth-order valence-corrected chi connectivity index (χ4v) is 8.03. The number of thiazole rings is 1. The molecule has 0 aromatic carbocycles. The standard InChI is InChI=1S/C20H26N4O4S2.Na/c1-20(2)14(18(27)28)24-16(26)13(17(24)30-20)23-15(25)11(12-7-29-19(21)22-12)6-10-8-4-3-5-9(8)10;/h7-11,13-14,17H,3-6H2,1-2H3,(H2,21,22)(H,23,25)(H,27,28);/q;+1/p-1/t8?,9?,10?,11?,13-,14+,17-;/m1./s1. The van der Waals surface area contributed by atoms with Crippen LogP contribution in [0.2, 0.25) is 0 Å². The fourth-order valence-electron chi connectivity index (χ4n) is 5.79. The summed E-state index contributed by atoms with van der Waals surface area (Å²) in [4.78, 5) is 43.2. The molecule has 1 aromatic rings. The summed E-state index contributed by atoms with van der Waals surface area (Å²) in [6.45, 7) is 3.57. The summed E-state index contributed by atoms with van der Waals surface area (Å²) in [5.74, 6) is -0.317. The van der Waals surface area contributed by atoms with Gasteiger partial charge in [0, 0.05) is 10.1 Å². The van der Waals surface area contributed by atoms with Gasteiger partial charge in [0.2, 0.25) is 11.8 Å². The molecular formula is C20H25N4NaO4S2. The van der Waals surface area contributed by atoms with Crippen molar-refractivity contribution >= 4 is 46.0 Å². The van der Waals surface area contributed by atoms with E-state index in [1.807, 2.05) is 5.38 Å². The minimum atomic E-state index is -1.26. The molecule has 3 heterocycles. The topological polar surface area (TPSA) is 128 Å². The van der Waals surface area contributed by atoms with Crippen molar-refractivity contribution in [3.8, 4) is 0 Å². The van der Waals surface area contributed by atoms with Gasteiger partial charge in [0.1, 0.15) is 11.4 Å². The van der Waals surface area contributed by atoms with Gasteiger partial charge in [-0.1, -0.05) is 6.42 Å². The Balaban J connectivity index is 0.00000231. The zero-order chi connectivity index (χ0) is 21.4. The van der Waals surface area contributed by atoms with Crippen molar-refractivity contribution in [3.63, 3.8) is 0 Å². The van der Waals surface area contributed by atoms with Crippen molar-refractivity contribution < 1.29 is 49.0 Å². The van der Waals surface area contributed by atoms with E-state index in [0.29, 0.717) is 28.6 Å². The number of carbonyl (C=O) groups excluding carboxylic acids is 3. The number of hydrogen-bond acceptors (Lipinski definition) is 8. The van der Waals surface area contributed by atoms with Crippen LogP contribution in [0.4, 0.5) is 5.13 Å². The van der Waals surface area contributed by atoms with E-state index in [1.165, 1.54) is 47.3 Å². The van der Waals surface area contributed by atoms with Crippen molar-refractivity contribution in [3.05, 3.63) is 11.1 Å². The minimum absolute atomic E-state index is 0. The van der Waals surface area contributed by atoms with Crippen molar-refractivity contribution in [2.45, 2.75) is 67.7 Å². The molecule has 2 aliphatic carbocycles. The van der Waals surface area contributed by atoms with Crippen LogP contribution in [0.15, 0.2) is 5.38 Å². The van der Waals surface area contributed by atoms with E-state index in [0.717, 1.165) is 6.42 Å². The van der Waals surface area contributed by atoms with Gasteiger partial charge in [0.25, 0.3) is 0 Å². The second-order valence-corrected chi connectivity index (χ2v) is 12.0. The molecule has 2 saturated heterocycles. The third-order valence-corrected chi connectivity index (χ3v) is 9.53. The Hall–Kier alpha value is -0.810. The van der Waals surface area contributed by atoms with E-state index in [4.69, 9.17) is 5.73 Å². The van der Waals surface area contributed by atoms with E-state index >= 15 is 0 Å². The zero-order valence-corrected chi connectivity index (χ0v) is 21.5. The first-order valence-corrected chi connectivity index (χ1v) is 12.2. The normalized spacial score (nSPS) is 35.4. The number of fused-ring (bicyclic) bond motifs is 2. The van der Waals surface area contributed by atoms with Gasteiger partial charge in [-0.2, -0.15) is 0 Å². The van der Waals surface area contributed by atoms with Crippen LogP contribution in [0.5, 0.6) is 0 Å². The smallest absolute Gasteiger partial charge is 0.548 e. The van der Waals surface area contributed by atoms with Crippen LogP contribution in [-0.2, 0) is 14.4 Å². The molecule has 3 unspecified atom stereocenters. The van der Waals surface area contributed by atoms with Crippen LogP contribution in [-0.4, -0.2) is 49.9 Å². The van der Waals surface area contributed by atoms with Crippen LogP contribution in [0.25, 0.3) is 0 Å². The Labute approximate surface area is 211 Å². The molecule has 2 amide bonds. The molecule has 8 nitrogen and oxygen atoms in total. The van der Waals surface area contributed by atoms with E-state index in [-0.39, 0.29) is 46.7 Å². The molecule has 2 saturated carbocycles. The average Bonchev–Trinajstić information content (AvgIpc) is 3.06. The third kappa shape index (κ3) is 3.82. The van der Waals surface area contributed by atoms with Crippen molar-refractivity contribution in [1.29, 1.82) is 0 Å². The van der Waals surface area contributed by atoms with Crippen molar-refractivity contribution in [1.82, 2.24) is 15.2 Å². The van der Waals surface area contributed by atoms with E-state index in [2.05, 4.69) is 10.3 Å². The SMILES string of the molecule is CC1(C)S[C@@H]2[C@H](NC(=O)C(CC3C4CCCC43)c3csc(N)n3)C(=O)N2[C@H]1C(=O)[O-].[Na+]. The predicted octanol–water partition coefficient (Wildman–Crippen LogP) is -2.45. The number of nitrogens with zero attached hydrogens (tertiary/aromatic N) is 2. The summed E-state index contributed by atoms with van der Waals surface area (Å²) in [5, 5.41) is 16.3. The number of anilines is 1. The van der Waals surface area contributed by atoms with Crippen molar-refractivity contribution in [2.75, 3.05) is 5.73 Å². The summed E-state index contributed by atoms with van der Waals surface area (Å²) in [7, 11) is 0. The fraction of sp³-hybridized carbons (Fsp3) is 0.700. The van der Waals surface area contributed by atoms with Crippen LogP contribution >= 0.6 is 23.1 Å². The Morgan fingerprint density at radius 2 is 2.06 bits per heavy atom. The molecule has 3 N–H and O–H groups in total. The number of amides is 2. The number of aliphatic carboxylic acids is 1. The monoisotopic (exact) mass is 472 g/mol. The van der Waals surface area contributed by atoms with Gasteiger partial charge < -0.3 is 25.9 Å². The Bertz CT molecular complexity index is 915. The number of hydrogen-bond donors (Lipinski definition) is 2. The molecular weight excluding hydrogens is 447 g/mol. The number of nitrogens with two attached hydrogens (primary N) is 1. The van der Waals surface area contributed by atoms with E-state index in [9.17, 15) is 19.5 Å². The maximum absolute atomic E-state index is 13.3. The molecule has 1 aromatic heterocycles. The first kappa shape index (κ1) is 23.4. The molecule has 0 spiro atoms. The molecule has 6 atom stereocenters. The largest absolute Gasteiger partial charge is 1.00 e. The third-order valence-electron chi connectivity index (χ3n) is 7.27. The number of nitrogen functional groups attached to an aromatic ring is 1. The summed E-state index contributed by atoms with van der Waals surface area (Å²) in [6, 6.07) is -1.71. The van der Waals surface area contributed by atoms with Gasteiger partial charge in [-0.3, -0.25) is 9.59 Å². The van der Waals surface area contributed by atoms with Gasteiger partial charge in [0.15, 0.2) is 5.13 Å². The average molecular weight is 473 g/mol. The second-order valence-electron chi connectivity index (χ2n) is 9.39. The Morgan fingerprint density at radius 1 is 1.39 bits per heavy atom. The van der Waals surface area contributed by atoms with Gasteiger partial charge in [0.05, 0.1) is 23.6 Å². The van der Waals surface area contributed by atoms with Gasteiger partial charge in [-0.05, 0) is 50.9 Å². The number of aromatic nitrogens is 1. The number of thioether (sulfide) groups is 1. The number of β-lactam (4-membered cyclic amide) rings is 1. The quantitative estimate of drug-likeness (QED) is 0.347. The molecule has 4 aliphatic rings. The molecule has 31 heavy (non-hydrogen) atoms. The van der Waals surface area contributed by atoms with Gasteiger partial charge >= 0.3 is 29.6 Å². The van der Waals surface area contributed by atoms with Crippen LogP contribution in [0.1, 0.15) is 51.1 Å². The van der Waals surface area contributed by atoms with Gasteiger partial charge in [-0.25, -0.2) is 4.98 Å². The van der Waals surface area contributed by atoms with Gasteiger partial charge in [-0.15, -0.1) is 23.1 Å². The van der Waals surface area contributed by atoms with E-state index in [1.54, 1.807) is 13.8 Å². The molecule has 11 heteroatoms. The molecule has 2 aliphatic heterocycles. The first-order valence-electron chi connectivity index (χ1n) is 10.4. The molecule has 4 fully saturated rings. The minimum Gasteiger partial charge on any atom is -0.548 e. The molecule has 0 radical (unpaired) electrons. The second kappa shape index (κ2) is 8.20. The number of carbonyl (C=O) groups is 3. The summed E-state index contributed by atoms with van der Waals surface area (Å²) >= 11 is 2.71. The zero-order valence-electron chi connectivity index (χ0n) is 17.9. The number of carboxylic acids is 1.